The van der Waals surface area contributed by atoms with E-state index in [1.165, 1.54) is 0 Å². The lowest BCUT2D eigenvalue weighted by Gasteiger charge is -2.12. The van der Waals surface area contributed by atoms with Gasteiger partial charge in [-0.2, -0.15) is 0 Å². The zero-order chi connectivity index (χ0) is 17.1. The molecule has 0 spiro atoms. The number of hydrogen-bond acceptors (Lipinski definition) is 3. The van der Waals surface area contributed by atoms with E-state index in [1.807, 2.05) is 44.2 Å². The predicted octanol–water partition coefficient (Wildman–Crippen LogP) is 5.52. The normalized spacial score (nSPS) is 11.2. The van der Waals surface area contributed by atoms with E-state index in [0.717, 1.165) is 16.5 Å². The number of methoxy groups -OCH3 is 1. The van der Waals surface area contributed by atoms with Gasteiger partial charge in [0, 0.05) is 17.1 Å². The largest absolute Gasteiger partial charge is 0.497 e. The van der Waals surface area contributed by atoms with Crippen molar-refractivity contribution < 1.29 is 13.9 Å². The number of ether oxygens (including phenoxy) is 2. The Balaban J connectivity index is 2.09. The van der Waals surface area contributed by atoms with Crippen molar-refractivity contribution in [3.63, 3.8) is 0 Å². The first kappa shape index (κ1) is 16.0. The lowest BCUT2D eigenvalue weighted by molar-refractivity contribution is 0.414. The second-order valence-corrected chi connectivity index (χ2v) is 5.40. The number of hydrogen-bond donors (Lipinski definition) is 0. The first-order valence-corrected chi connectivity index (χ1v) is 7.66. The molecule has 0 aliphatic carbocycles. The highest BCUT2D eigenvalue weighted by atomic mass is 19.1. The third-order valence-electron chi connectivity index (χ3n) is 3.82. The molecule has 122 valence electrons. The minimum Gasteiger partial charge on any atom is -0.497 e. The standard InChI is InChI=1S/C20H18FNO2/c1-4-5-15-13(2)6-9-19(20(15)21)24-18-10-11-22-17-8-7-14(23-3)12-16(17)18/h4-12H,1-3H3/b5-4+. The SMILES string of the molecule is C/C=C/c1c(C)ccc(Oc2ccnc3ccc(OC)cc23)c1F. The molecular weight excluding hydrogens is 305 g/mol. The summed E-state index contributed by atoms with van der Waals surface area (Å²) in [7, 11) is 1.60. The van der Waals surface area contributed by atoms with Crippen LogP contribution in [0.5, 0.6) is 17.2 Å². The molecule has 0 fully saturated rings. The van der Waals surface area contributed by atoms with E-state index in [2.05, 4.69) is 4.98 Å². The van der Waals surface area contributed by atoms with E-state index in [1.54, 1.807) is 31.5 Å². The van der Waals surface area contributed by atoms with Crippen LogP contribution in [-0.2, 0) is 0 Å². The second-order valence-electron chi connectivity index (χ2n) is 5.40. The highest BCUT2D eigenvalue weighted by Gasteiger charge is 2.13. The van der Waals surface area contributed by atoms with Gasteiger partial charge in [0.15, 0.2) is 11.6 Å². The van der Waals surface area contributed by atoms with Gasteiger partial charge in [0.2, 0.25) is 0 Å². The molecule has 0 radical (unpaired) electrons. The number of nitrogens with zero attached hydrogens (tertiary/aromatic N) is 1. The first-order valence-electron chi connectivity index (χ1n) is 7.66. The van der Waals surface area contributed by atoms with Crippen LogP contribution in [0.4, 0.5) is 4.39 Å². The molecule has 3 aromatic rings. The molecule has 3 nitrogen and oxygen atoms in total. The Hall–Kier alpha value is -2.88. The number of aryl methyl sites for hydroxylation is 1. The average molecular weight is 323 g/mol. The summed E-state index contributed by atoms with van der Waals surface area (Å²) in [5.74, 6) is 1.04. The molecule has 0 amide bonds. The van der Waals surface area contributed by atoms with Crippen molar-refractivity contribution >= 4 is 17.0 Å². The summed E-state index contributed by atoms with van der Waals surface area (Å²) >= 11 is 0. The zero-order valence-electron chi connectivity index (χ0n) is 13.8. The Labute approximate surface area is 140 Å². The van der Waals surface area contributed by atoms with Crippen molar-refractivity contribution in [3.05, 3.63) is 65.6 Å². The quantitative estimate of drug-likeness (QED) is 0.634. The third kappa shape index (κ3) is 2.95. The van der Waals surface area contributed by atoms with Gasteiger partial charge in [-0.15, -0.1) is 0 Å². The van der Waals surface area contributed by atoms with Crippen molar-refractivity contribution in [3.8, 4) is 17.2 Å². The van der Waals surface area contributed by atoms with Crippen LogP contribution in [0, 0.1) is 12.7 Å². The Bertz CT molecular complexity index is 919. The van der Waals surface area contributed by atoms with E-state index in [0.29, 0.717) is 17.1 Å². The lowest BCUT2D eigenvalue weighted by Crippen LogP contribution is -1.95. The number of halogens is 1. The second kappa shape index (κ2) is 6.71. The van der Waals surface area contributed by atoms with Crippen molar-refractivity contribution in [2.75, 3.05) is 7.11 Å². The zero-order valence-corrected chi connectivity index (χ0v) is 13.8. The van der Waals surface area contributed by atoms with Crippen LogP contribution in [0.3, 0.4) is 0 Å². The monoisotopic (exact) mass is 323 g/mol. The fourth-order valence-electron chi connectivity index (χ4n) is 2.55. The van der Waals surface area contributed by atoms with Gasteiger partial charge < -0.3 is 9.47 Å². The van der Waals surface area contributed by atoms with Crippen molar-refractivity contribution in [2.45, 2.75) is 13.8 Å². The highest BCUT2D eigenvalue weighted by Crippen LogP contribution is 2.34. The summed E-state index contributed by atoms with van der Waals surface area (Å²) in [6, 6.07) is 10.7. The Morgan fingerprint density at radius 2 is 1.92 bits per heavy atom. The van der Waals surface area contributed by atoms with Gasteiger partial charge in [-0.25, -0.2) is 4.39 Å². The summed E-state index contributed by atoms with van der Waals surface area (Å²) < 4.78 is 25.8. The van der Waals surface area contributed by atoms with Crippen LogP contribution in [0.25, 0.3) is 17.0 Å². The summed E-state index contributed by atoms with van der Waals surface area (Å²) in [5, 5.41) is 0.768. The molecule has 24 heavy (non-hydrogen) atoms. The fraction of sp³-hybridized carbons (Fsp3) is 0.150. The number of allylic oxidation sites excluding steroid dienone is 1. The number of rotatable bonds is 4. The highest BCUT2D eigenvalue weighted by molar-refractivity contribution is 5.86. The van der Waals surface area contributed by atoms with Gasteiger partial charge in [0.1, 0.15) is 11.5 Å². The molecule has 0 saturated heterocycles. The van der Waals surface area contributed by atoms with Crippen molar-refractivity contribution in [2.24, 2.45) is 0 Å². The molecule has 4 heteroatoms. The molecule has 0 N–H and O–H groups in total. The van der Waals surface area contributed by atoms with E-state index >= 15 is 0 Å². The Kier molecular flexibility index (Phi) is 4.47. The first-order chi connectivity index (χ1) is 11.6. The van der Waals surface area contributed by atoms with E-state index in [-0.39, 0.29) is 11.6 Å². The average Bonchev–Trinajstić information content (AvgIpc) is 2.61. The molecule has 0 saturated carbocycles. The van der Waals surface area contributed by atoms with Crippen LogP contribution >= 0.6 is 0 Å². The smallest absolute Gasteiger partial charge is 0.173 e. The minimum atomic E-state index is -0.374. The van der Waals surface area contributed by atoms with E-state index in [9.17, 15) is 4.39 Å². The van der Waals surface area contributed by atoms with Gasteiger partial charge in [-0.3, -0.25) is 4.98 Å². The van der Waals surface area contributed by atoms with Gasteiger partial charge in [-0.1, -0.05) is 18.2 Å². The molecule has 0 bridgehead atoms. The molecule has 2 aromatic carbocycles. The Morgan fingerprint density at radius 1 is 1.08 bits per heavy atom. The maximum atomic E-state index is 14.7. The van der Waals surface area contributed by atoms with Crippen LogP contribution in [-0.4, -0.2) is 12.1 Å². The molecule has 0 atom stereocenters. The molecule has 1 aromatic heterocycles. The predicted molar refractivity (Wildman–Crippen MR) is 94.2 cm³/mol. The van der Waals surface area contributed by atoms with E-state index < -0.39 is 0 Å². The lowest BCUT2D eigenvalue weighted by atomic mass is 10.1. The van der Waals surface area contributed by atoms with Gasteiger partial charge in [0.05, 0.1) is 12.6 Å². The number of fused-ring (bicyclic) bond motifs is 1. The summed E-state index contributed by atoms with van der Waals surface area (Å²) in [4.78, 5) is 4.30. The van der Waals surface area contributed by atoms with Crippen molar-refractivity contribution in [1.29, 1.82) is 0 Å². The molecule has 0 unspecified atom stereocenters. The molecule has 0 aliphatic rings. The maximum absolute atomic E-state index is 14.7. The van der Waals surface area contributed by atoms with E-state index in [4.69, 9.17) is 9.47 Å². The topological polar surface area (TPSA) is 31.4 Å². The summed E-state index contributed by atoms with van der Waals surface area (Å²) in [5.41, 5.74) is 2.15. The van der Waals surface area contributed by atoms with Crippen LogP contribution < -0.4 is 9.47 Å². The fourth-order valence-corrected chi connectivity index (χ4v) is 2.55. The maximum Gasteiger partial charge on any atom is 0.173 e. The van der Waals surface area contributed by atoms with Crippen LogP contribution in [0.15, 0.2) is 48.7 Å². The van der Waals surface area contributed by atoms with Gasteiger partial charge in [0.25, 0.3) is 0 Å². The molecule has 3 rings (SSSR count). The van der Waals surface area contributed by atoms with Crippen LogP contribution in [0.2, 0.25) is 0 Å². The minimum absolute atomic E-state index is 0.184. The third-order valence-corrected chi connectivity index (χ3v) is 3.82. The van der Waals surface area contributed by atoms with Crippen LogP contribution in [0.1, 0.15) is 18.1 Å². The van der Waals surface area contributed by atoms with Crippen molar-refractivity contribution in [1.82, 2.24) is 4.98 Å². The number of benzene rings is 2. The summed E-state index contributed by atoms with van der Waals surface area (Å²) in [6.07, 6.45) is 5.19. The van der Waals surface area contributed by atoms with Gasteiger partial charge in [-0.05, 0) is 49.7 Å². The summed E-state index contributed by atoms with van der Waals surface area (Å²) in [6.45, 7) is 3.73. The number of aromatic nitrogens is 1. The number of pyridine rings is 1. The molecule has 1 heterocycles. The Morgan fingerprint density at radius 3 is 2.67 bits per heavy atom. The molecular formula is C20H18FNO2. The van der Waals surface area contributed by atoms with Gasteiger partial charge >= 0.3 is 0 Å². The molecule has 0 aliphatic heterocycles.